The van der Waals surface area contributed by atoms with E-state index in [0.29, 0.717) is 24.3 Å². The van der Waals surface area contributed by atoms with Crippen molar-refractivity contribution in [3.05, 3.63) is 95.6 Å². The predicted octanol–water partition coefficient (Wildman–Crippen LogP) is 9.31. The van der Waals surface area contributed by atoms with Crippen molar-refractivity contribution in [3.63, 3.8) is 0 Å². The van der Waals surface area contributed by atoms with Gasteiger partial charge in [-0.25, -0.2) is 24.7 Å². The summed E-state index contributed by atoms with van der Waals surface area (Å²) in [5, 5.41) is 12.0. The summed E-state index contributed by atoms with van der Waals surface area (Å²) in [6, 6.07) is 25.9. The molecule has 1 saturated carbocycles. The Morgan fingerprint density at radius 2 is 1.64 bits per heavy atom. The maximum Gasteiger partial charge on any atom is 0.160 e. The van der Waals surface area contributed by atoms with Crippen LogP contribution in [-0.4, -0.2) is 31.2 Å². The Hall–Kier alpha value is -4.30. The summed E-state index contributed by atoms with van der Waals surface area (Å²) in [7, 11) is 0. The number of imidazole rings is 1. The third-order valence-electron chi connectivity index (χ3n) is 8.33. The lowest BCUT2D eigenvalue weighted by Gasteiger charge is -2.25. The van der Waals surface area contributed by atoms with Gasteiger partial charge in [0.25, 0.3) is 0 Å². The maximum atomic E-state index is 10.4. The zero-order chi connectivity index (χ0) is 30.0. The van der Waals surface area contributed by atoms with E-state index in [1.807, 2.05) is 55.6 Å². The van der Waals surface area contributed by atoms with Gasteiger partial charge in [-0.2, -0.15) is 0 Å². The van der Waals surface area contributed by atoms with E-state index >= 15 is 0 Å². The Morgan fingerprint density at radius 3 is 2.45 bits per heavy atom. The molecule has 1 aliphatic rings. The average molecular weight is 605 g/mol. The van der Waals surface area contributed by atoms with Crippen molar-refractivity contribution in [2.75, 3.05) is 6.61 Å². The van der Waals surface area contributed by atoms with Crippen LogP contribution in [0.5, 0.6) is 5.75 Å². The second-order valence-electron chi connectivity index (χ2n) is 11.3. The first-order chi connectivity index (χ1) is 21.6. The summed E-state index contributed by atoms with van der Waals surface area (Å²) in [5.41, 5.74) is 8.19. The van der Waals surface area contributed by atoms with Gasteiger partial charge in [-0.3, -0.25) is 0 Å². The van der Waals surface area contributed by atoms with Gasteiger partial charge in [0.2, 0.25) is 0 Å². The van der Waals surface area contributed by atoms with Crippen molar-refractivity contribution in [3.8, 4) is 39.5 Å². The number of phenols is 1. The third-order valence-corrected chi connectivity index (χ3v) is 8.59. The zero-order valence-electron chi connectivity index (χ0n) is 24.5. The van der Waals surface area contributed by atoms with Crippen molar-refractivity contribution in [2.45, 2.75) is 51.7 Å². The minimum absolute atomic E-state index is 0.192. The minimum atomic E-state index is 0.192. The number of fused-ring (bicyclic) bond motifs is 2. The summed E-state index contributed by atoms with van der Waals surface area (Å²) in [5.74, 6) is 1.11. The molecule has 3 aromatic heterocycles. The fourth-order valence-electron chi connectivity index (χ4n) is 6.22. The number of aromatic hydroxyl groups is 1. The van der Waals surface area contributed by atoms with Crippen molar-refractivity contribution in [1.29, 1.82) is 0 Å². The van der Waals surface area contributed by atoms with Gasteiger partial charge in [0.05, 0.1) is 17.8 Å². The molecule has 6 aromatic rings. The predicted molar refractivity (Wildman–Crippen MR) is 174 cm³/mol. The molecule has 0 aliphatic heterocycles. The first-order valence-corrected chi connectivity index (χ1v) is 15.6. The molecule has 3 heterocycles. The van der Waals surface area contributed by atoms with Crippen LogP contribution in [-0.2, 0) is 16.4 Å². The number of hydrogen-bond donors (Lipinski definition) is 1. The van der Waals surface area contributed by atoms with Gasteiger partial charge in [0.15, 0.2) is 5.65 Å². The van der Waals surface area contributed by atoms with E-state index < -0.39 is 0 Å². The van der Waals surface area contributed by atoms with Gasteiger partial charge in [-0.1, -0.05) is 55.1 Å². The minimum Gasteiger partial charge on any atom is -0.508 e. The Bertz CT molecular complexity index is 1950. The van der Waals surface area contributed by atoms with Crippen molar-refractivity contribution >= 4 is 33.7 Å². The van der Waals surface area contributed by atoms with Gasteiger partial charge in [-0.15, -0.1) is 0 Å². The fraction of sp³-hybridized carbons (Fsp3) is 0.250. The Kier molecular flexibility index (Phi) is 8.00. The third kappa shape index (κ3) is 5.66. The zero-order valence-corrected chi connectivity index (χ0v) is 25.3. The molecule has 0 amide bonds. The Morgan fingerprint density at radius 1 is 0.818 bits per heavy atom. The molecule has 8 heteroatoms. The monoisotopic (exact) mass is 604 g/mol. The highest BCUT2D eigenvalue weighted by molar-refractivity contribution is 6.30. The second-order valence-corrected chi connectivity index (χ2v) is 11.7. The lowest BCUT2D eigenvalue weighted by Crippen LogP contribution is -2.14. The standard InChI is InChI=1S/C36H33ClN4O3/c1-2-43-44-22-23-18-34-36(38-21-23)41(28-6-4-3-5-7-28)35(40-34)26-11-16-32-25(19-26)10-17-33(39-32)31-20-29(42)14-15-30(31)24-8-12-27(37)13-9-24/h8-21,28,42H,2-7,22H2,1H3. The molecule has 1 N–H and O–H groups in total. The van der Waals surface area contributed by atoms with Crippen LogP contribution in [0.1, 0.15) is 50.6 Å². The molecule has 0 atom stereocenters. The van der Waals surface area contributed by atoms with E-state index in [0.717, 1.165) is 74.2 Å². The molecule has 0 radical (unpaired) electrons. The van der Waals surface area contributed by atoms with E-state index in [1.165, 1.54) is 19.3 Å². The Labute approximate surface area is 261 Å². The van der Waals surface area contributed by atoms with Gasteiger partial charge in [0.1, 0.15) is 23.7 Å². The summed E-state index contributed by atoms with van der Waals surface area (Å²) < 4.78 is 2.34. The molecule has 44 heavy (non-hydrogen) atoms. The first-order valence-electron chi connectivity index (χ1n) is 15.2. The molecule has 0 saturated heterocycles. The molecule has 0 unspecified atom stereocenters. The summed E-state index contributed by atoms with van der Waals surface area (Å²) in [6.45, 7) is 2.71. The molecule has 0 spiro atoms. The second kappa shape index (κ2) is 12.4. The molecular weight excluding hydrogens is 572 g/mol. The van der Waals surface area contributed by atoms with Crippen LogP contribution in [0.15, 0.2) is 85.1 Å². The number of hydrogen-bond acceptors (Lipinski definition) is 6. The Balaban J connectivity index is 1.29. The van der Waals surface area contributed by atoms with Crippen LogP contribution in [0.25, 0.3) is 55.8 Å². The lowest BCUT2D eigenvalue weighted by atomic mass is 9.95. The van der Waals surface area contributed by atoms with Crippen molar-refractivity contribution in [1.82, 2.24) is 19.5 Å². The molecule has 1 aliphatic carbocycles. The number of rotatable bonds is 8. The highest BCUT2D eigenvalue weighted by atomic mass is 35.5. The fourth-order valence-corrected chi connectivity index (χ4v) is 6.35. The van der Waals surface area contributed by atoms with Crippen LogP contribution in [0, 0.1) is 0 Å². The van der Waals surface area contributed by atoms with Gasteiger partial charge in [0, 0.05) is 39.3 Å². The number of halogens is 1. The van der Waals surface area contributed by atoms with E-state index in [1.54, 1.807) is 12.1 Å². The molecule has 3 aromatic carbocycles. The van der Waals surface area contributed by atoms with Gasteiger partial charge >= 0.3 is 0 Å². The van der Waals surface area contributed by atoms with Crippen LogP contribution in [0.4, 0.5) is 0 Å². The first kappa shape index (κ1) is 28.5. The largest absolute Gasteiger partial charge is 0.508 e. The highest BCUT2D eigenvalue weighted by Crippen LogP contribution is 2.38. The van der Waals surface area contributed by atoms with Crippen LogP contribution in [0.3, 0.4) is 0 Å². The number of nitrogens with zero attached hydrogens (tertiary/aromatic N) is 4. The normalized spacial score (nSPS) is 14.0. The van der Waals surface area contributed by atoms with E-state index in [-0.39, 0.29) is 5.75 Å². The molecule has 7 nitrogen and oxygen atoms in total. The smallest absolute Gasteiger partial charge is 0.160 e. The number of pyridine rings is 2. The summed E-state index contributed by atoms with van der Waals surface area (Å²) >= 11 is 6.14. The number of benzene rings is 3. The molecule has 7 rings (SSSR count). The van der Waals surface area contributed by atoms with E-state index in [4.69, 9.17) is 36.3 Å². The van der Waals surface area contributed by atoms with Crippen LogP contribution < -0.4 is 0 Å². The SMILES string of the molecule is CCOOCc1cnc2c(c1)nc(-c1ccc3nc(-c4cc(O)ccc4-c4ccc(Cl)cc4)ccc3c1)n2C1CCCCC1. The van der Waals surface area contributed by atoms with E-state index in [2.05, 4.69) is 28.8 Å². The average Bonchev–Trinajstić information content (AvgIpc) is 3.44. The van der Waals surface area contributed by atoms with Crippen molar-refractivity contribution in [2.24, 2.45) is 0 Å². The van der Waals surface area contributed by atoms with Crippen LogP contribution in [0.2, 0.25) is 5.02 Å². The number of aromatic nitrogens is 4. The maximum absolute atomic E-state index is 10.4. The van der Waals surface area contributed by atoms with Gasteiger partial charge < -0.3 is 9.67 Å². The molecule has 1 fully saturated rings. The number of phenolic OH excluding ortho intramolecular Hbond substituents is 1. The van der Waals surface area contributed by atoms with Crippen LogP contribution >= 0.6 is 11.6 Å². The van der Waals surface area contributed by atoms with Gasteiger partial charge in [-0.05, 0) is 85.5 Å². The lowest BCUT2D eigenvalue weighted by molar-refractivity contribution is -0.300. The quantitative estimate of drug-likeness (QED) is 0.106. The highest BCUT2D eigenvalue weighted by Gasteiger charge is 2.24. The van der Waals surface area contributed by atoms with Crippen molar-refractivity contribution < 1.29 is 14.9 Å². The molecule has 0 bridgehead atoms. The summed E-state index contributed by atoms with van der Waals surface area (Å²) in [4.78, 5) is 25.4. The molecule has 222 valence electrons. The topological polar surface area (TPSA) is 82.3 Å². The van der Waals surface area contributed by atoms with E-state index in [9.17, 15) is 5.11 Å². The molecular formula is C36H33ClN4O3. The summed E-state index contributed by atoms with van der Waals surface area (Å²) in [6.07, 6.45) is 7.79.